The first-order valence-corrected chi connectivity index (χ1v) is 13.2. The van der Waals surface area contributed by atoms with Crippen LogP contribution < -0.4 is 9.47 Å². The Kier molecular flexibility index (Phi) is 11.5. The summed E-state index contributed by atoms with van der Waals surface area (Å²) in [5.74, 6) is -1.31. The number of likely N-dealkylation sites (tertiary alicyclic amines) is 1. The fourth-order valence-corrected chi connectivity index (χ4v) is 4.16. The van der Waals surface area contributed by atoms with E-state index in [2.05, 4.69) is 20.4 Å². The lowest BCUT2D eigenvalue weighted by Gasteiger charge is -2.27. The molecule has 0 aliphatic carbocycles. The third kappa shape index (κ3) is 7.13. The number of aryl methyl sites for hydroxylation is 1. The molecule has 1 fully saturated rings. The van der Waals surface area contributed by atoms with Crippen LogP contribution in [0.4, 0.5) is 4.39 Å². The molecule has 0 radical (unpaired) electrons. The van der Waals surface area contributed by atoms with Crippen molar-refractivity contribution in [3.63, 3.8) is 0 Å². The van der Waals surface area contributed by atoms with Crippen LogP contribution in [0.1, 0.15) is 81.3 Å². The molecule has 2 aromatic carbocycles. The Morgan fingerprint density at radius 1 is 1.11 bits per heavy atom. The molecule has 6 heteroatoms. The number of carbonyl (C=O) groups is 1. The van der Waals surface area contributed by atoms with Crippen molar-refractivity contribution in [1.82, 2.24) is 4.90 Å². The van der Waals surface area contributed by atoms with E-state index in [1.807, 2.05) is 51.1 Å². The average Bonchev–Trinajstić information content (AvgIpc) is 3.54. The summed E-state index contributed by atoms with van der Waals surface area (Å²) in [5.41, 5.74) is 1.96. The molecule has 0 N–H and O–H groups in total. The van der Waals surface area contributed by atoms with Gasteiger partial charge < -0.3 is 14.4 Å². The van der Waals surface area contributed by atoms with Gasteiger partial charge in [0.25, 0.3) is 11.7 Å². The van der Waals surface area contributed by atoms with E-state index in [1.54, 1.807) is 11.0 Å². The first kappa shape index (κ1) is 29.4. The van der Waals surface area contributed by atoms with Gasteiger partial charge in [-0.2, -0.15) is 0 Å². The second-order valence-electron chi connectivity index (χ2n) is 8.51. The van der Waals surface area contributed by atoms with E-state index in [-0.39, 0.29) is 11.5 Å². The second kappa shape index (κ2) is 14.1. The maximum Gasteiger partial charge on any atom is 0.281 e. The van der Waals surface area contributed by atoms with E-state index in [1.165, 1.54) is 12.1 Å². The number of halogens is 2. The molecule has 1 amide bonds. The van der Waals surface area contributed by atoms with Crippen molar-refractivity contribution in [3.05, 3.63) is 82.7 Å². The van der Waals surface area contributed by atoms with E-state index in [0.29, 0.717) is 31.0 Å². The van der Waals surface area contributed by atoms with Gasteiger partial charge >= 0.3 is 0 Å². The summed E-state index contributed by atoms with van der Waals surface area (Å²) in [6, 6.07) is 10.5. The van der Waals surface area contributed by atoms with Gasteiger partial charge in [0.05, 0.1) is 5.56 Å². The highest BCUT2D eigenvalue weighted by Gasteiger charge is 2.43. The Labute approximate surface area is 220 Å². The predicted molar refractivity (Wildman–Crippen MR) is 146 cm³/mol. The van der Waals surface area contributed by atoms with Gasteiger partial charge in [-0.3, -0.25) is 4.79 Å². The van der Waals surface area contributed by atoms with E-state index >= 15 is 0 Å². The molecule has 4 rings (SSSR count). The van der Waals surface area contributed by atoms with Gasteiger partial charge in [-0.05, 0) is 38.7 Å². The Morgan fingerprint density at radius 2 is 1.69 bits per heavy atom. The molecule has 36 heavy (non-hydrogen) atoms. The molecule has 1 atom stereocenters. The van der Waals surface area contributed by atoms with Crippen LogP contribution in [-0.4, -0.2) is 23.9 Å². The summed E-state index contributed by atoms with van der Waals surface area (Å²) in [7, 11) is 0. The fraction of sp³-hybridized carbons (Fsp3) is 0.433. The molecule has 0 spiro atoms. The van der Waals surface area contributed by atoms with Crippen LogP contribution in [0.5, 0.6) is 11.5 Å². The molecule has 2 heterocycles. The number of hydrogen-bond acceptors (Lipinski definition) is 3. The highest BCUT2D eigenvalue weighted by Crippen LogP contribution is 2.47. The van der Waals surface area contributed by atoms with Crippen LogP contribution in [0.3, 0.4) is 0 Å². The van der Waals surface area contributed by atoms with Gasteiger partial charge in [-0.25, -0.2) is 4.39 Å². The molecule has 4 nitrogen and oxygen atoms in total. The summed E-state index contributed by atoms with van der Waals surface area (Å²) in [6.45, 7) is 15.3. The standard InChI is InChI=1S/C22H22FNO3.C6H11Cl.C2H6/c1-3-10-22(16-8-6-15(2)7-9-16)26-19-13-17(18(23)14-20(19)27-22)21(25)24-11-4-5-12-24;1-3-5-6(7)4-2;1-2/h3,6-9,13-14H,1,4-5,10-12H2,2H3;5H,3-4H2,1-2H3;1-2H3/b;6-5+;. The van der Waals surface area contributed by atoms with Gasteiger partial charge in [-0.1, -0.05) is 81.3 Å². The van der Waals surface area contributed by atoms with Crippen molar-refractivity contribution in [2.75, 3.05) is 13.1 Å². The summed E-state index contributed by atoms with van der Waals surface area (Å²) >= 11 is 5.63. The number of rotatable bonds is 6. The lowest BCUT2D eigenvalue weighted by molar-refractivity contribution is -0.0832. The Balaban J connectivity index is 0.000000440. The number of benzene rings is 2. The first-order valence-electron chi connectivity index (χ1n) is 12.9. The van der Waals surface area contributed by atoms with Crippen LogP contribution in [0.2, 0.25) is 0 Å². The molecule has 1 saturated heterocycles. The highest BCUT2D eigenvalue weighted by atomic mass is 35.5. The number of nitrogens with zero attached hydrogens (tertiary/aromatic N) is 1. The first-order chi connectivity index (χ1) is 17.3. The zero-order valence-corrected chi connectivity index (χ0v) is 23.0. The Morgan fingerprint density at radius 3 is 2.19 bits per heavy atom. The van der Waals surface area contributed by atoms with E-state index in [4.69, 9.17) is 21.1 Å². The van der Waals surface area contributed by atoms with Gasteiger partial charge in [0.2, 0.25) is 0 Å². The lowest BCUT2D eigenvalue weighted by atomic mass is 10.0. The molecular weight excluding hydrogens is 477 g/mol. The molecule has 0 bridgehead atoms. The zero-order valence-electron chi connectivity index (χ0n) is 22.2. The third-order valence-electron chi connectivity index (χ3n) is 5.87. The minimum Gasteiger partial charge on any atom is -0.444 e. The highest BCUT2D eigenvalue weighted by molar-refractivity contribution is 6.29. The van der Waals surface area contributed by atoms with Crippen LogP contribution >= 0.6 is 11.6 Å². The minimum atomic E-state index is -1.10. The molecule has 0 aromatic heterocycles. The van der Waals surface area contributed by atoms with E-state index in [9.17, 15) is 9.18 Å². The maximum absolute atomic E-state index is 14.6. The molecule has 2 aromatic rings. The average molecular weight is 516 g/mol. The largest absolute Gasteiger partial charge is 0.444 e. The monoisotopic (exact) mass is 515 g/mol. The van der Waals surface area contributed by atoms with Gasteiger partial charge in [0, 0.05) is 36.2 Å². The lowest BCUT2D eigenvalue weighted by Crippen LogP contribution is -2.34. The van der Waals surface area contributed by atoms with Gasteiger partial charge in [0.15, 0.2) is 11.5 Å². The quantitative estimate of drug-likeness (QED) is 0.362. The summed E-state index contributed by atoms with van der Waals surface area (Å²) in [5, 5.41) is 0.975. The van der Waals surface area contributed by atoms with Crippen molar-refractivity contribution in [2.45, 2.75) is 72.5 Å². The molecule has 1 unspecified atom stereocenters. The molecule has 2 aliphatic heterocycles. The summed E-state index contributed by atoms with van der Waals surface area (Å²) in [6.07, 6.45) is 8.05. The normalized spacial score (nSPS) is 18.1. The van der Waals surface area contributed by atoms with Crippen LogP contribution in [0, 0.1) is 12.7 Å². The third-order valence-corrected chi connectivity index (χ3v) is 6.30. The van der Waals surface area contributed by atoms with Crippen LogP contribution in [-0.2, 0) is 5.79 Å². The molecule has 196 valence electrons. The number of carbonyl (C=O) groups excluding carboxylic acids is 1. The summed E-state index contributed by atoms with van der Waals surface area (Å²) in [4.78, 5) is 14.3. The van der Waals surface area contributed by atoms with Crippen molar-refractivity contribution in [2.24, 2.45) is 0 Å². The Hall–Kier alpha value is -2.79. The van der Waals surface area contributed by atoms with E-state index in [0.717, 1.165) is 41.8 Å². The summed E-state index contributed by atoms with van der Waals surface area (Å²) < 4.78 is 26.8. The smallest absolute Gasteiger partial charge is 0.281 e. The maximum atomic E-state index is 14.6. The number of allylic oxidation sites excluding steroid dienone is 2. The Bertz CT molecular complexity index is 1040. The van der Waals surface area contributed by atoms with E-state index < -0.39 is 11.6 Å². The van der Waals surface area contributed by atoms with Gasteiger partial charge in [0.1, 0.15) is 5.82 Å². The van der Waals surface area contributed by atoms with Crippen molar-refractivity contribution in [1.29, 1.82) is 0 Å². The molecular formula is C30H39ClFNO3. The number of hydrogen-bond donors (Lipinski definition) is 0. The second-order valence-corrected chi connectivity index (χ2v) is 8.99. The molecule has 0 saturated carbocycles. The number of amides is 1. The minimum absolute atomic E-state index is 0.0255. The van der Waals surface area contributed by atoms with Crippen LogP contribution in [0.15, 0.2) is 60.2 Å². The van der Waals surface area contributed by atoms with Crippen molar-refractivity contribution < 1.29 is 18.7 Å². The fourth-order valence-electron chi connectivity index (χ4n) is 4.01. The predicted octanol–water partition coefficient (Wildman–Crippen LogP) is 8.53. The zero-order chi connectivity index (χ0) is 26.7. The van der Waals surface area contributed by atoms with Gasteiger partial charge in [-0.15, -0.1) is 6.58 Å². The van der Waals surface area contributed by atoms with Crippen molar-refractivity contribution >= 4 is 17.5 Å². The number of fused-ring (bicyclic) bond motifs is 1. The number of ether oxygens (including phenoxy) is 2. The topological polar surface area (TPSA) is 38.8 Å². The van der Waals surface area contributed by atoms with Crippen LogP contribution in [0.25, 0.3) is 0 Å². The SMILES string of the molecule is C=CCC1(c2ccc(C)cc2)Oc2cc(F)c(C(=O)N3CCCC3)cc2O1.CC.CC/C=C(/Cl)CC. The van der Waals surface area contributed by atoms with Crippen molar-refractivity contribution in [3.8, 4) is 11.5 Å². The molecule has 2 aliphatic rings.